The molecule has 3 aromatic rings. The van der Waals surface area contributed by atoms with E-state index < -0.39 is 18.5 Å². The van der Waals surface area contributed by atoms with Crippen LogP contribution in [0.2, 0.25) is 0 Å². The molecule has 0 radical (unpaired) electrons. The minimum Gasteiger partial charge on any atom is -0.497 e. The molecule has 0 fully saturated rings. The highest BCUT2D eigenvalue weighted by Gasteiger charge is 2.17. The van der Waals surface area contributed by atoms with Gasteiger partial charge in [0, 0.05) is 12.1 Å². The molecule has 1 amide bonds. The summed E-state index contributed by atoms with van der Waals surface area (Å²) < 4.78 is 17.4. The van der Waals surface area contributed by atoms with E-state index in [1.165, 1.54) is 0 Å². The number of methoxy groups -OCH3 is 2. The van der Waals surface area contributed by atoms with Crippen molar-refractivity contribution in [2.75, 3.05) is 20.8 Å². The maximum Gasteiger partial charge on any atom is 0.338 e. The van der Waals surface area contributed by atoms with Gasteiger partial charge >= 0.3 is 5.97 Å². The number of carbonyl (C=O) groups is 2. The Labute approximate surface area is 173 Å². The molecule has 30 heavy (non-hydrogen) atoms. The zero-order chi connectivity index (χ0) is 21.7. The van der Waals surface area contributed by atoms with Gasteiger partial charge in [-0.2, -0.15) is 0 Å². The van der Waals surface area contributed by atoms with Crippen LogP contribution < -0.4 is 14.8 Å². The molecule has 1 atom stereocenters. The fraction of sp³-hybridized carbons (Fsp3) is 0.333. The minimum absolute atomic E-state index is 0.306. The molecule has 158 valence electrons. The van der Waals surface area contributed by atoms with Gasteiger partial charge in [0.15, 0.2) is 6.61 Å². The van der Waals surface area contributed by atoms with Crippen LogP contribution in [0.1, 0.15) is 35.8 Å². The number of rotatable bonds is 8. The normalized spacial score (nSPS) is 11.7. The first-order valence-electron chi connectivity index (χ1n) is 9.48. The molecule has 0 saturated heterocycles. The molecule has 0 spiro atoms. The Bertz CT molecular complexity index is 1060. The van der Waals surface area contributed by atoms with Crippen molar-refractivity contribution in [3.05, 3.63) is 47.5 Å². The molecule has 0 unspecified atom stereocenters. The van der Waals surface area contributed by atoms with Gasteiger partial charge in [0.1, 0.15) is 17.0 Å². The maximum atomic E-state index is 12.3. The summed E-state index contributed by atoms with van der Waals surface area (Å²) in [5, 5.41) is 10.8. The van der Waals surface area contributed by atoms with Crippen molar-refractivity contribution in [3.63, 3.8) is 0 Å². The number of hydrogen-bond donors (Lipinski definition) is 1. The Morgan fingerprint density at radius 3 is 2.63 bits per heavy atom. The average molecular weight is 412 g/mol. The maximum absolute atomic E-state index is 12.3. The van der Waals surface area contributed by atoms with Crippen LogP contribution in [0.5, 0.6) is 11.5 Å². The minimum atomic E-state index is -0.607. The van der Waals surface area contributed by atoms with E-state index >= 15 is 0 Å². The Morgan fingerprint density at radius 1 is 1.13 bits per heavy atom. The van der Waals surface area contributed by atoms with Crippen LogP contribution in [0.3, 0.4) is 0 Å². The predicted octanol–water partition coefficient (Wildman–Crippen LogP) is 2.50. The first kappa shape index (κ1) is 21.1. The van der Waals surface area contributed by atoms with Crippen molar-refractivity contribution in [1.29, 1.82) is 0 Å². The van der Waals surface area contributed by atoms with Crippen molar-refractivity contribution in [2.24, 2.45) is 0 Å². The lowest BCUT2D eigenvalue weighted by Crippen LogP contribution is -2.31. The van der Waals surface area contributed by atoms with E-state index in [0.29, 0.717) is 29.1 Å². The molecule has 0 aliphatic rings. The van der Waals surface area contributed by atoms with Gasteiger partial charge in [-0.25, -0.2) is 9.48 Å². The smallest absolute Gasteiger partial charge is 0.338 e. The summed E-state index contributed by atoms with van der Waals surface area (Å²) in [6.45, 7) is 4.03. The lowest BCUT2D eigenvalue weighted by molar-refractivity contribution is -0.124. The topological polar surface area (TPSA) is 105 Å². The fourth-order valence-electron chi connectivity index (χ4n) is 3.09. The summed E-state index contributed by atoms with van der Waals surface area (Å²) in [5.41, 5.74) is 2.48. The number of nitrogens with one attached hydrogen (secondary N) is 1. The number of amides is 1. The number of hydrogen-bond acceptors (Lipinski definition) is 7. The lowest BCUT2D eigenvalue weighted by atomic mass is 10.1. The van der Waals surface area contributed by atoms with Gasteiger partial charge in [0.05, 0.1) is 31.3 Å². The van der Waals surface area contributed by atoms with E-state index in [0.717, 1.165) is 11.1 Å². The highest BCUT2D eigenvalue weighted by molar-refractivity contribution is 5.94. The number of aromatic nitrogens is 3. The number of esters is 1. The molecule has 9 nitrogen and oxygen atoms in total. The second kappa shape index (κ2) is 9.25. The number of benzene rings is 2. The molecular formula is C21H24N4O5. The molecule has 3 rings (SSSR count). The van der Waals surface area contributed by atoms with Gasteiger partial charge < -0.3 is 19.5 Å². The summed E-state index contributed by atoms with van der Waals surface area (Å²) in [5.74, 6) is 0.228. The first-order valence-corrected chi connectivity index (χ1v) is 9.48. The molecule has 0 bridgehead atoms. The second-order valence-electron chi connectivity index (χ2n) is 6.58. The lowest BCUT2D eigenvalue weighted by Gasteiger charge is -2.18. The van der Waals surface area contributed by atoms with Crippen molar-refractivity contribution in [3.8, 4) is 11.5 Å². The van der Waals surface area contributed by atoms with E-state index in [9.17, 15) is 9.59 Å². The van der Waals surface area contributed by atoms with Gasteiger partial charge in [-0.3, -0.25) is 4.79 Å². The van der Waals surface area contributed by atoms with Crippen LogP contribution in [0.4, 0.5) is 0 Å². The zero-order valence-corrected chi connectivity index (χ0v) is 17.3. The van der Waals surface area contributed by atoms with Crippen LogP contribution in [-0.4, -0.2) is 47.7 Å². The van der Waals surface area contributed by atoms with Gasteiger partial charge in [-0.05, 0) is 50.2 Å². The van der Waals surface area contributed by atoms with E-state index in [2.05, 4.69) is 15.6 Å². The van der Waals surface area contributed by atoms with Gasteiger partial charge in [-0.15, -0.1) is 5.10 Å². The quantitative estimate of drug-likeness (QED) is 0.567. The highest BCUT2D eigenvalue weighted by Crippen LogP contribution is 2.29. The molecule has 2 aromatic carbocycles. The highest BCUT2D eigenvalue weighted by atomic mass is 16.5. The Balaban J connectivity index is 1.61. The largest absolute Gasteiger partial charge is 0.497 e. The zero-order valence-electron chi connectivity index (χ0n) is 17.3. The van der Waals surface area contributed by atoms with Gasteiger partial charge in [0.25, 0.3) is 5.91 Å². The standard InChI is InChI=1S/C21H24N4O5/c1-5-25-18-8-6-14(10-17(18)23-24-25)21(27)30-12-20(26)22-13(2)16-11-15(28-3)7-9-19(16)29-4/h6-11,13H,5,12H2,1-4H3,(H,22,26)/t13-/m0/s1. The predicted molar refractivity (Wildman–Crippen MR) is 110 cm³/mol. The van der Waals surface area contributed by atoms with Crippen molar-refractivity contribution in [1.82, 2.24) is 20.3 Å². The first-order chi connectivity index (χ1) is 14.5. The monoisotopic (exact) mass is 412 g/mol. The van der Waals surface area contributed by atoms with Crippen molar-refractivity contribution in [2.45, 2.75) is 26.4 Å². The van der Waals surface area contributed by atoms with Crippen LogP contribution in [0.15, 0.2) is 36.4 Å². The van der Waals surface area contributed by atoms with Crippen LogP contribution in [0, 0.1) is 0 Å². The average Bonchev–Trinajstić information content (AvgIpc) is 3.19. The molecule has 1 aromatic heterocycles. The van der Waals surface area contributed by atoms with Crippen molar-refractivity contribution >= 4 is 22.9 Å². The molecule has 0 saturated carbocycles. The Kier molecular flexibility index (Phi) is 6.51. The molecule has 0 aliphatic carbocycles. The van der Waals surface area contributed by atoms with E-state index in [1.54, 1.807) is 55.3 Å². The number of ether oxygens (including phenoxy) is 3. The molecular weight excluding hydrogens is 388 g/mol. The molecule has 1 N–H and O–H groups in total. The Hall–Kier alpha value is -3.62. The third kappa shape index (κ3) is 4.51. The molecule has 0 aliphatic heterocycles. The van der Waals surface area contributed by atoms with Crippen molar-refractivity contribution < 1.29 is 23.8 Å². The van der Waals surface area contributed by atoms with E-state index in [4.69, 9.17) is 14.2 Å². The number of nitrogens with zero attached hydrogens (tertiary/aromatic N) is 3. The summed E-state index contributed by atoms with van der Waals surface area (Å²) >= 11 is 0. The van der Waals surface area contributed by atoms with Crippen LogP contribution in [0.25, 0.3) is 11.0 Å². The SMILES string of the molecule is CCn1nnc2cc(C(=O)OCC(=O)N[C@@H](C)c3cc(OC)ccc3OC)ccc21. The number of aryl methyl sites for hydroxylation is 1. The summed E-state index contributed by atoms with van der Waals surface area (Å²) in [4.78, 5) is 24.6. The van der Waals surface area contributed by atoms with E-state index in [-0.39, 0.29) is 6.04 Å². The summed E-state index contributed by atoms with van der Waals surface area (Å²) in [6, 6.07) is 9.93. The Morgan fingerprint density at radius 2 is 1.93 bits per heavy atom. The summed E-state index contributed by atoms with van der Waals surface area (Å²) in [6.07, 6.45) is 0. The van der Waals surface area contributed by atoms with Gasteiger partial charge in [0.2, 0.25) is 0 Å². The number of fused-ring (bicyclic) bond motifs is 1. The molecule has 1 heterocycles. The number of carbonyl (C=O) groups excluding carboxylic acids is 2. The third-order valence-corrected chi connectivity index (χ3v) is 4.66. The second-order valence-corrected chi connectivity index (χ2v) is 6.58. The van der Waals surface area contributed by atoms with Gasteiger partial charge in [-0.1, -0.05) is 5.21 Å². The van der Waals surface area contributed by atoms with Crippen LogP contribution >= 0.6 is 0 Å². The third-order valence-electron chi connectivity index (χ3n) is 4.66. The summed E-state index contributed by atoms with van der Waals surface area (Å²) in [7, 11) is 3.12. The van der Waals surface area contributed by atoms with E-state index in [1.807, 2.05) is 13.8 Å². The fourth-order valence-corrected chi connectivity index (χ4v) is 3.09. The molecule has 9 heteroatoms. The van der Waals surface area contributed by atoms with Crippen LogP contribution in [-0.2, 0) is 16.1 Å².